The van der Waals surface area contributed by atoms with E-state index >= 15 is 0 Å². The second-order valence-corrected chi connectivity index (χ2v) is 4.86. The first kappa shape index (κ1) is 15.1. The fourth-order valence-corrected chi connectivity index (χ4v) is 1.85. The number of nitro groups is 1. The maximum Gasteiger partial charge on any atom is 0.269 e. The molecule has 0 radical (unpaired) electrons. The molecule has 0 heterocycles. The lowest BCUT2D eigenvalue weighted by molar-refractivity contribution is -0.384. The van der Waals surface area contributed by atoms with Gasteiger partial charge in [0.15, 0.2) is 0 Å². The first-order valence-electron chi connectivity index (χ1n) is 6.12. The minimum atomic E-state index is -0.442. The Hall–Kier alpha value is -1.95. The van der Waals surface area contributed by atoms with Gasteiger partial charge < -0.3 is 5.73 Å². The summed E-state index contributed by atoms with van der Waals surface area (Å²) >= 11 is 0. The maximum absolute atomic E-state index is 11.3. The summed E-state index contributed by atoms with van der Waals surface area (Å²) in [4.78, 5) is 21.4. The fraction of sp³-hybridized carbons (Fsp3) is 0.462. The number of nitrogens with one attached hydrogen (secondary N) is 1. The van der Waals surface area contributed by atoms with Gasteiger partial charge in [-0.1, -0.05) is 26.0 Å². The van der Waals surface area contributed by atoms with Gasteiger partial charge in [-0.3, -0.25) is 20.2 Å². The molecular formula is C13H19N3O3. The van der Waals surface area contributed by atoms with Crippen LogP contribution >= 0.6 is 0 Å². The van der Waals surface area contributed by atoms with Crippen molar-refractivity contribution >= 4 is 11.6 Å². The number of non-ortho nitro benzene ring substituents is 1. The standard InChI is InChI=1S/C13H19N3O3/c1-8(2)12(13(14)17)15-9(3)10-4-6-11(7-5-10)16(18)19/h4-9,12,15H,1-3H3,(H2,14,17). The molecule has 3 N–H and O–H groups in total. The van der Waals surface area contributed by atoms with Crippen LogP contribution in [0.15, 0.2) is 24.3 Å². The van der Waals surface area contributed by atoms with Crippen LogP contribution in [0.1, 0.15) is 32.4 Å². The predicted octanol–water partition coefficient (Wildman–Crippen LogP) is 1.76. The van der Waals surface area contributed by atoms with E-state index in [1.54, 1.807) is 12.1 Å². The fourth-order valence-electron chi connectivity index (χ4n) is 1.85. The topological polar surface area (TPSA) is 98.3 Å². The molecule has 1 aromatic rings. The third-order valence-electron chi connectivity index (χ3n) is 3.01. The summed E-state index contributed by atoms with van der Waals surface area (Å²) in [6.07, 6.45) is 0. The van der Waals surface area contributed by atoms with E-state index in [1.165, 1.54) is 12.1 Å². The Bertz CT molecular complexity index is 457. The van der Waals surface area contributed by atoms with E-state index in [0.717, 1.165) is 5.56 Å². The Morgan fingerprint density at radius 2 is 1.79 bits per heavy atom. The molecule has 1 aromatic carbocycles. The average molecular weight is 265 g/mol. The van der Waals surface area contributed by atoms with Crippen molar-refractivity contribution in [1.29, 1.82) is 0 Å². The summed E-state index contributed by atoms with van der Waals surface area (Å²) in [6.45, 7) is 5.70. The van der Waals surface area contributed by atoms with Gasteiger partial charge in [0.1, 0.15) is 0 Å². The summed E-state index contributed by atoms with van der Waals surface area (Å²) in [5.41, 5.74) is 6.26. The number of benzene rings is 1. The maximum atomic E-state index is 11.3. The normalized spacial score (nSPS) is 14.1. The third kappa shape index (κ3) is 4.03. The lowest BCUT2D eigenvalue weighted by Crippen LogP contribution is -2.45. The van der Waals surface area contributed by atoms with Crippen LogP contribution in [0.3, 0.4) is 0 Å². The largest absolute Gasteiger partial charge is 0.368 e. The zero-order valence-electron chi connectivity index (χ0n) is 11.3. The zero-order valence-corrected chi connectivity index (χ0v) is 11.3. The van der Waals surface area contributed by atoms with Crippen molar-refractivity contribution in [2.24, 2.45) is 11.7 Å². The summed E-state index contributed by atoms with van der Waals surface area (Å²) in [6, 6.07) is 5.71. The molecule has 1 rings (SSSR count). The minimum Gasteiger partial charge on any atom is -0.368 e. The van der Waals surface area contributed by atoms with E-state index in [1.807, 2.05) is 20.8 Å². The first-order valence-corrected chi connectivity index (χ1v) is 6.12. The number of primary amides is 1. The molecule has 6 nitrogen and oxygen atoms in total. The molecule has 0 saturated heterocycles. The third-order valence-corrected chi connectivity index (χ3v) is 3.01. The zero-order chi connectivity index (χ0) is 14.6. The van der Waals surface area contributed by atoms with Gasteiger partial charge in [-0.25, -0.2) is 0 Å². The number of nitro benzene ring substituents is 1. The highest BCUT2D eigenvalue weighted by Crippen LogP contribution is 2.18. The van der Waals surface area contributed by atoms with Crippen LogP contribution in [-0.2, 0) is 4.79 Å². The van der Waals surface area contributed by atoms with E-state index < -0.39 is 16.9 Å². The van der Waals surface area contributed by atoms with E-state index in [-0.39, 0.29) is 17.6 Å². The van der Waals surface area contributed by atoms with E-state index in [9.17, 15) is 14.9 Å². The Balaban J connectivity index is 2.79. The molecule has 0 saturated carbocycles. The van der Waals surface area contributed by atoms with Crippen molar-refractivity contribution in [3.8, 4) is 0 Å². The quantitative estimate of drug-likeness (QED) is 0.604. The molecule has 0 aliphatic rings. The molecule has 0 aromatic heterocycles. The number of amides is 1. The Kier molecular flexibility index (Phi) is 5.00. The highest BCUT2D eigenvalue weighted by Gasteiger charge is 2.21. The van der Waals surface area contributed by atoms with Crippen LogP contribution in [0.25, 0.3) is 0 Å². The summed E-state index contributed by atoms with van der Waals surface area (Å²) < 4.78 is 0. The molecule has 0 spiro atoms. The number of carbonyl (C=O) groups is 1. The van der Waals surface area contributed by atoms with E-state index in [2.05, 4.69) is 5.32 Å². The molecule has 2 atom stereocenters. The molecule has 0 fully saturated rings. The van der Waals surface area contributed by atoms with Crippen molar-refractivity contribution in [3.63, 3.8) is 0 Å². The van der Waals surface area contributed by atoms with E-state index in [4.69, 9.17) is 5.73 Å². The second kappa shape index (κ2) is 6.29. The minimum absolute atomic E-state index is 0.0475. The number of carbonyl (C=O) groups excluding carboxylic acids is 1. The number of nitrogens with zero attached hydrogens (tertiary/aromatic N) is 1. The van der Waals surface area contributed by atoms with E-state index in [0.29, 0.717) is 0 Å². The SMILES string of the molecule is CC(NC(C(N)=O)C(C)C)c1ccc([N+](=O)[O-])cc1. The highest BCUT2D eigenvalue weighted by molar-refractivity contribution is 5.80. The molecule has 1 amide bonds. The Morgan fingerprint density at radius 1 is 1.26 bits per heavy atom. The number of hydrogen-bond acceptors (Lipinski definition) is 4. The van der Waals surface area contributed by atoms with Gasteiger partial charge in [-0.15, -0.1) is 0 Å². The van der Waals surface area contributed by atoms with Gasteiger partial charge >= 0.3 is 0 Å². The lowest BCUT2D eigenvalue weighted by atomic mass is 10.0. The molecule has 0 aliphatic carbocycles. The number of hydrogen-bond donors (Lipinski definition) is 2. The molecule has 0 bridgehead atoms. The molecule has 19 heavy (non-hydrogen) atoms. The van der Waals surface area contributed by atoms with Crippen molar-refractivity contribution in [1.82, 2.24) is 5.32 Å². The van der Waals surface area contributed by atoms with Crippen LogP contribution in [0.2, 0.25) is 0 Å². The van der Waals surface area contributed by atoms with Crippen LogP contribution in [0, 0.1) is 16.0 Å². The van der Waals surface area contributed by atoms with Crippen LogP contribution in [0.4, 0.5) is 5.69 Å². The van der Waals surface area contributed by atoms with Crippen molar-refractivity contribution in [3.05, 3.63) is 39.9 Å². The average Bonchev–Trinajstić information content (AvgIpc) is 2.34. The monoisotopic (exact) mass is 265 g/mol. The molecule has 104 valence electrons. The molecule has 6 heteroatoms. The van der Waals surface area contributed by atoms with Crippen molar-refractivity contribution < 1.29 is 9.72 Å². The predicted molar refractivity (Wildman–Crippen MR) is 72.5 cm³/mol. The van der Waals surface area contributed by atoms with Gasteiger partial charge in [-0.2, -0.15) is 0 Å². The van der Waals surface area contributed by atoms with Gasteiger partial charge in [0.2, 0.25) is 5.91 Å². The van der Waals surface area contributed by atoms with Gasteiger partial charge in [-0.05, 0) is 18.4 Å². The second-order valence-electron chi connectivity index (χ2n) is 4.86. The first-order chi connectivity index (χ1) is 8.82. The van der Waals surface area contributed by atoms with Gasteiger partial charge in [0, 0.05) is 18.2 Å². The van der Waals surface area contributed by atoms with Gasteiger partial charge in [0.05, 0.1) is 11.0 Å². The number of nitrogens with two attached hydrogens (primary N) is 1. The Labute approximate surface area is 112 Å². The molecule has 2 unspecified atom stereocenters. The summed E-state index contributed by atoms with van der Waals surface area (Å²) in [5.74, 6) is -0.318. The smallest absolute Gasteiger partial charge is 0.269 e. The lowest BCUT2D eigenvalue weighted by Gasteiger charge is -2.24. The number of rotatable bonds is 6. The molecule has 0 aliphatic heterocycles. The summed E-state index contributed by atoms with van der Waals surface area (Å²) in [7, 11) is 0. The Morgan fingerprint density at radius 3 is 2.16 bits per heavy atom. The van der Waals surface area contributed by atoms with Crippen molar-refractivity contribution in [2.75, 3.05) is 0 Å². The van der Waals surface area contributed by atoms with Crippen molar-refractivity contribution in [2.45, 2.75) is 32.9 Å². The van der Waals surface area contributed by atoms with Crippen LogP contribution in [-0.4, -0.2) is 16.9 Å². The summed E-state index contributed by atoms with van der Waals surface area (Å²) in [5, 5.41) is 13.7. The van der Waals surface area contributed by atoms with Crippen LogP contribution in [0.5, 0.6) is 0 Å². The highest BCUT2D eigenvalue weighted by atomic mass is 16.6. The van der Waals surface area contributed by atoms with Crippen LogP contribution < -0.4 is 11.1 Å². The van der Waals surface area contributed by atoms with Gasteiger partial charge in [0.25, 0.3) is 5.69 Å². The molecular weight excluding hydrogens is 246 g/mol.